The molecule has 0 heterocycles. The van der Waals surface area contributed by atoms with E-state index in [-0.39, 0.29) is 0 Å². The number of unbranched alkanes of at least 4 members (excludes halogenated alkanes) is 3. The molecular weight excluding hydrogens is 272 g/mol. The zero-order chi connectivity index (χ0) is 16.0. The van der Waals surface area contributed by atoms with Gasteiger partial charge in [-0.1, -0.05) is 67.9 Å². The van der Waals surface area contributed by atoms with Gasteiger partial charge in [-0.15, -0.1) is 0 Å². The first-order valence-corrected chi connectivity index (χ1v) is 8.59. The Morgan fingerprint density at radius 2 is 1.68 bits per heavy atom. The van der Waals surface area contributed by atoms with Crippen LogP contribution in [0, 0.1) is 5.92 Å². The molecule has 0 saturated heterocycles. The van der Waals surface area contributed by atoms with E-state index in [0.29, 0.717) is 12.3 Å². The number of rotatable bonds is 12. The molecule has 0 aliphatic heterocycles. The lowest BCUT2D eigenvalue weighted by Crippen LogP contribution is -1.94. The Hall–Kier alpha value is -1.57. The summed E-state index contributed by atoms with van der Waals surface area (Å²) in [5, 5.41) is 8.67. The second-order valence-corrected chi connectivity index (χ2v) is 5.90. The first kappa shape index (κ1) is 18.5. The number of carbonyl (C=O) groups is 1. The van der Waals surface area contributed by atoms with Crippen molar-refractivity contribution in [3.05, 3.63) is 48.1 Å². The third kappa shape index (κ3) is 10.2. The second kappa shape index (κ2) is 12.0. The quantitative estimate of drug-likeness (QED) is 0.364. The molecule has 0 spiro atoms. The van der Waals surface area contributed by atoms with Crippen LogP contribution in [0.2, 0.25) is 0 Å². The van der Waals surface area contributed by atoms with Gasteiger partial charge >= 0.3 is 5.97 Å². The number of aliphatic carboxylic acids is 1. The van der Waals surface area contributed by atoms with Gasteiger partial charge in [0.1, 0.15) is 0 Å². The normalized spacial score (nSPS) is 19.9. The minimum Gasteiger partial charge on any atom is -0.481 e. The van der Waals surface area contributed by atoms with E-state index in [2.05, 4.69) is 49.5 Å². The monoisotopic (exact) mass is 302 g/mol. The van der Waals surface area contributed by atoms with Crippen LogP contribution in [0.5, 0.6) is 0 Å². The van der Waals surface area contributed by atoms with E-state index in [9.17, 15) is 4.79 Å². The van der Waals surface area contributed by atoms with Gasteiger partial charge in [0.25, 0.3) is 0 Å². The Morgan fingerprint density at radius 1 is 1.05 bits per heavy atom. The van der Waals surface area contributed by atoms with Crippen molar-refractivity contribution in [2.45, 2.75) is 64.7 Å². The van der Waals surface area contributed by atoms with Crippen LogP contribution in [0.25, 0.3) is 0 Å². The topological polar surface area (TPSA) is 37.3 Å². The van der Waals surface area contributed by atoms with Gasteiger partial charge in [-0.3, -0.25) is 4.79 Å². The van der Waals surface area contributed by atoms with Gasteiger partial charge in [0.15, 0.2) is 0 Å². The Kier molecular flexibility index (Phi) is 10.1. The van der Waals surface area contributed by atoms with Gasteiger partial charge in [0, 0.05) is 0 Å². The maximum absolute atomic E-state index is 10.5. The molecule has 2 heteroatoms. The molecule has 0 aromatic carbocycles. The Balaban J connectivity index is 1.97. The highest BCUT2D eigenvalue weighted by Gasteiger charge is 2.30. The summed E-state index contributed by atoms with van der Waals surface area (Å²) < 4.78 is 0. The summed E-state index contributed by atoms with van der Waals surface area (Å²) in [6.07, 6.45) is 24.8. The third-order valence-electron chi connectivity index (χ3n) is 3.80. The van der Waals surface area contributed by atoms with Crippen LogP contribution < -0.4 is 0 Å². The molecule has 0 aromatic rings. The van der Waals surface area contributed by atoms with Gasteiger partial charge < -0.3 is 5.11 Å². The van der Waals surface area contributed by atoms with Crippen LogP contribution in [0.1, 0.15) is 64.7 Å². The van der Waals surface area contributed by atoms with Crippen molar-refractivity contribution in [2.24, 2.45) is 5.92 Å². The van der Waals surface area contributed by atoms with E-state index in [1.54, 1.807) is 0 Å². The lowest BCUT2D eigenvalue weighted by atomic mass is 10.2. The largest absolute Gasteiger partial charge is 0.481 e. The summed E-state index contributed by atoms with van der Waals surface area (Å²) in [6, 6.07) is 0. The zero-order valence-corrected chi connectivity index (χ0v) is 13.8. The SMILES string of the molecule is CCCCC/C=C/C/C=C/C/C=C/C/C=C1/CC1CC(=O)O. The van der Waals surface area contributed by atoms with E-state index >= 15 is 0 Å². The fourth-order valence-electron chi connectivity index (χ4n) is 2.38. The Labute approximate surface area is 135 Å². The average Bonchev–Trinajstić information content (AvgIpc) is 3.21. The van der Waals surface area contributed by atoms with E-state index in [0.717, 1.165) is 25.7 Å². The molecule has 1 atom stereocenters. The molecule has 0 aromatic heterocycles. The van der Waals surface area contributed by atoms with E-state index in [1.165, 1.54) is 31.3 Å². The van der Waals surface area contributed by atoms with Crippen molar-refractivity contribution in [3.63, 3.8) is 0 Å². The van der Waals surface area contributed by atoms with Crippen molar-refractivity contribution in [1.82, 2.24) is 0 Å². The molecule has 1 unspecified atom stereocenters. The number of carboxylic acid groups (broad SMARTS) is 1. The minimum absolute atomic E-state index is 0.296. The molecule has 1 rings (SSSR count). The van der Waals surface area contributed by atoms with Crippen LogP contribution in [-0.4, -0.2) is 11.1 Å². The molecular formula is C20H30O2. The number of hydrogen-bond donors (Lipinski definition) is 1. The standard InChI is InChI=1S/C20H30O2/c1-2-3-4-5-6-7-8-9-10-11-12-13-14-15-18-16-19(18)17-20(21)22/h6-7,9-10,12-13,15,19H,2-5,8,11,14,16-17H2,1H3,(H,21,22)/b7-6+,10-9+,13-12+,18-15-. The summed E-state index contributed by atoms with van der Waals surface area (Å²) in [5.74, 6) is -0.372. The van der Waals surface area contributed by atoms with Gasteiger partial charge in [-0.05, 0) is 44.4 Å². The molecule has 22 heavy (non-hydrogen) atoms. The van der Waals surface area contributed by atoms with E-state index in [1.807, 2.05) is 0 Å². The molecule has 122 valence electrons. The van der Waals surface area contributed by atoms with Crippen LogP contribution in [0.15, 0.2) is 48.1 Å². The number of hydrogen-bond acceptors (Lipinski definition) is 1. The molecule has 2 nitrogen and oxygen atoms in total. The van der Waals surface area contributed by atoms with Gasteiger partial charge in [-0.2, -0.15) is 0 Å². The molecule has 0 bridgehead atoms. The summed E-state index contributed by atoms with van der Waals surface area (Å²) >= 11 is 0. The molecule has 1 fully saturated rings. The minimum atomic E-state index is -0.687. The van der Waals surface area contributed by atoms with E-state index < -0.39 is 5.97 Å². The Morgan fingerprint density at radius 3 is 2.32 bits per heavy atom. The molecule has 1 saturated carbocycles. The van der Waals surface area contributed by atoms with Gasteiger partial charge in [0.2, 0.25) is 0 Å². The molecule has 1 N–H and O–H groups in total. The van der Waals surface area contributed by atoms with Crippen LogP contribution in [-0.2, 0) is 4.79 Å². The Bertz CT molecular complexity index is 427. The molecule has 1 aliphatic carbocycles. The smallest absolute Gasteiger partial charge is 0.303 e. The van der Waals surface area contributed by atoms with Crippen molar-refractivity contribution < 1.29 is 9.90 Å². The predicted molar refractivity (Wildman–Crippen MR) is 93.9 cm³/mol. The lowest BCUT2D eigenvalue weighted by Gasteiger charge is -1.90. The zero-order valence-electron chi connectivity index (χ0n) is 13.8. The van der Waals surface area contributed by atoms with Crippen LogP contribution in [0.4, 0.5) is 0 Å². The van der Waals surface area contributed by atoms with Gasteiger partial charge in [0.05, 0.1) is 6.42 Å². The first-order valence-electron chi connectivity index (χ1n) is 8.59. The summed E-state index contributed by atoms with van der Waals surface area (Å²) in [7, 11) is 0. The van der Waals surface area contributed by atoms with Crippen molar-refractivity contribution >= 4 is 5.97 Å². The molecule has 0 amide bonds. The van der Waals surface area contributed by atoms with Gasteiger partial charge in [-0.25, -0.2) is 0 Å². The highest BCUT2D eigenvalue weighted by atomic mass is 16.4. The maximum atomic E-state index is 10.5. The fraction of sp³-hybridized carbons (Fsp3) is 0.550. The predicted octanol–water partition coefficient (Wildman–Crippen LogP) is 5.83. The van der Waals surface area contributed by atoms with Crippen LogP contribution in [0.3, 0.4) is 0 Å². The number of carboxylic acids is 1. The first-order chi connectivity index (χ1) is 10.7. The highest BCUT2D eigenvalue weighted by molar-refractivity contribution is 5.68. The average molecular weight is 302 g/mol. The number of allylic oxidation sites excluding steroid dienone is 8. The fourth-order valence-corrected chi connectivity index (χ4v) is 2.38. The maximum Gasteiger partial charge on any atom is 0.303 e. The van der Waals surface area contributed by atoms with Crippen LogP contribution >= 0.6 is 0 Å². The highest BCUT2D eigenvalue weighted by Crippen LogP contribution is 2.40. The third-order valence-corrected chi connectivity index (χ3v) is 3.80. The van der Waals surface area contributed by atoms with E-state index in [4.69, 9.17) is 5.11 Å². The van der Waals surface area contributed by atoms with Crippen molar-refractivity contribution in [3.8, 4) is 0 Å². The molecule has 1 aliphatic rings. The molecule has 0 radical (unpaired) electrons. The second-order valence-electron chi connectivity index (χ2n) is 5.90. The van der Waals surface area contributed by atoms with Crippen molar-refractivity contribution in [1.29, 1.82) is 0 Å². The lowest BCUT2D eigenvalue weighted by molar-refractivity contribution is -0.137. The summed E-state index contributed by atoms with van der Waals surface area (Å²) in [6.45, 7) is 2.23. The summed E-state index contributed by atoms with van der Waals surface area (Å²) in [4.78, 5) is 10.5. The van der Waals surface area contributed by atoms with Crippen molar-refractivity contribution in [2.75, 3.05) is 0 Å². The summed E-state index contributed by atoms with van der Waals surface area (Å²) in [5.41, 5.74) is 1.32.